The van der Waals surface area contributed by atoms with E-state index in [1.54, 1.807) is 14.2 Å². The highest BCUT2D eigenvalue weighted by Crippen LogP contribution is 2.27. The van der Waals surface area contributed by atoms with Crippen molar-refractivity contribution in [3.63, 3.8) is 0 Å². The number of benzene rings is 3. The van der Waals surface area contributed by atoms with Gasteiger partial charge in [-0.15, -0.1) is 0 Å². The summed E-state index contributed by atoms with van der Waals surface area (Å²) < 4.78 is 15.6. The van der Waals surface area contributed by atoms with Gasteiger partial charge in [0, 0.05) is 6.54 Å². The average molecular weight is 434 g/mol. The molecule has 0 spiro atoms. The zero-order valence-electron chi connectivity index (χ0n) is 18.3. The van der Waals surface area contributed by atoms with Gasteiger partial charge < -0.3 is 19.5 Å². The van der Waals surface area contributed by atoms with Gasteiger partial charge in [-0.2, -0.15) is 0 Å². The van der Waals surface area contributed by atoms with Gasteiger partial charge in [0.2, 0.25) is 0 Å². The van der Waals surface area contributed by atoms with Crippen molar-refractivity contribution < 1.29 is 23.8 Å². The first-order valence-electron chi connectivity index (χ1n) is 10.4. The standard InChI is InChI=1S/C26H27NO5/c1-30-23-13-10-20(16-24(23)31-2)14-15-27-25(28)18-32-26(29)17-19-8-11-22(12-9-19)21-6-4-3-5-7-21/h3-13,16H,14-15,17-18H2,1-2H3,(H,27,28). The molecule has 0 aromatic heterocycles. The molecule has 3 rings (SSSR count). The van der Waals surface area contributed by atoms with E-state index in [4.69, 9.17) is 14.2 Å². The summed E-state index contributed by atoms with van der Waals surface area (Å²) in [5, 5.41) is 2.75. The Morgan fingerprint density at radius 1 is 0.781 bits per heavy atom. The maximum absolute atomic E-state index is 12.1. The van der Waals surface area contributed by atoms with E-state index < -0.39 is 5.97 Å². The Bertz CT molecular complexity index is 1030. The van der Waals surface area contributed by atoms with E-state index in [1.807, 2.05) is 72.8 Å². The summed E-state index contributed by atoms with van der Waals surface area (Å²) in [7, 11) is 3.16. The number of hydrogen-bond acceptors (Lipinski definition) is 5. The second-order valence-electron chi connectivity index (χ2n) is 7.19. The van der Waals surface area contributed by atoms with Crippen molar-refractivity contribution >= 4 is 11.9 Å². The second-order valence-corrected chi connectivity index (χ2v) is 7.19. The molecule has 0 saturated heterocycles. The van der Waals surface area contributed by atoms with Gasteiger partial charge in [0.1, 0.15) is 0 Å². The number of amides is 1. The molecule has 0 saturated carbocycles. The van der Waals surface area contributed by atoms with Crippen molar-refractivity contribution in [1.29, 1.82) is 0 Å². The number of rotatable bonds is 10. The predicted molar refractivity (Wildman–Crippen MR) is 123 cm³/mol. The Kier molecular flexibility index (Phi) is 8.26. The van der Waals surface area contributed by atoms with E-state index in [9.17, 15) is 9.59 Å². The van der Waals surface area contributed by atoms with Gasteiger partial charge in [0.15, 0.2) is 18.1 Å². The van der Waals surface area contributed by atoms with Crippen molar-refractivity contribution in [1.82, 2.24) is 5.32 Å². The highest BCUT2D eigenvalue weighted by molar-refractivity contribution is 5.81. The van der Waals surface area contributed by atoms with Gasteiger partial charge in [-0.3, -0.25) is 9.59 Å². The summed E-state index contributed by atoms with van der Waals surface area (Å²) in [5.74, 6) is 0.523. The van der Waals surface area contributed by atoms with E-state index in [2.05, 4.69) is 5.32 Å². The number of esters is 1. The van der Waals surface area contributed by atoms with Crippen LogP contribution in [-0.4, -0.2) is 39.2 Å². The van der Waals surface area contributed by atoms with Crippen LogP contribution in [0.25, 0.3) is 11.1 Å². The number of carbonyl (C=O) groups is 2. The van der Waals surface area contributed by atoms with Crippen LogP contribution in [0.2, 0.25) is 0 Å². The lowest BCUT2D eigenvalue weighted by Crippen LogP contribution is -2.30. The molecule has 3 aromatic carbocycles. The lowest BCUT2D eigenvalue weighted by molar-refractivity contribution is -0.147. The van der Waals surface area contributed by atoms with Crippen molar-refractivity contribution in [3.05, 3.63) is 83.9 Å². The van der Waals surface area contributed by atoms with Crippen LogP contribution in [0.4, 0.5) is 0 Å². The maximum Gasteiger partial charge on any atom is 0.310 e. The number of hydrogen-bond donors (Lipinski definition) is 1. The monoisotopic (exact) mass is 433 g/mol. The molecule has 0 aliphatic carbocycles. The summed E-state index contributed by atoms with van der Waals surface area (Å²) in [5.41, 5.74) is 4.03. The van der Waals surface area contributed by atoms with E-state index in [1.165, 1.54) is 0 Å². The van der Waals surface area contributed by atoms with Gasteiger partial charge >= 0.3 is 5.97 Å². The molecule has 1 amide bonds. The molecule has 6 heteroatoms. The maximum atomic E-state index is 12.1. The number of methoxy groups -OCH3 is 2. The zero-order valence-corrected chi connectivity index (χ0v) is 18.3. The zero-order chi connectivity index (χ0) is 22.8. The van der Waals surface area contributed by atoms with Crippen LogP contribution in [0.5, 0.6) is 11.5 Å². The van der Waals surface area contributed by atoms with E-state index >= 15 is 0 Å². The molecule has 0 radical (unpaired) electrons. The molecule has 0 aliphatic heterocycles. The molecular weight excluding hydrogens is 406 g/mol. The van der Waals surface area contributed by atoms with Gasteiger partial charge in [-0.05, 0) is 40.8 Å². The molecule has 0 unspecified atom stereocenters. The first-order chi connectivity index (χ1) is 15.6. The van der Waals surface area contributed by atoms with Crippen LogP contribution in [0, 0.1) is 0 Å². The Hall–Kier alpha value is -3.80. The third-order valence-electron chi connectivity index (χ3n) is 4.96. The molecule has 3 aromatic rings. The average Bonchev–Trinajstić information content (AvgIpc) is 2.83. The van der Waals surface area contributed by atoms with E-state index in [-0.39, 0.29) is 18.9 Å². The lowest BCUT2D eigenvalue weighted by Gasteiger charge is -2.10. The minimum Gasteiger partial charge on any atom is -0.493 e. The highest BCUT2D eigenvalue weighted by atomic mass is 16.5. The normalized spacial score (nSPS) is 10.3. The molecule has 32 heavy (non-hydrogen) atoms. The third kappa shape index (κ3) is 6.60. The van der Waals surface area contributed by atoms with Crippen LogP contribution < -0.4 is 14.8 Å². The minimum absolute atomic E-state index is 0.119. The Morgan fingerprint density at radius 3 is 2.12 bits per heavy atom. The third-order valence-corrected chi connectivity index (χ3v) is 4.96. The van der Waals surface area contributed by atoms with Crippen LogP contribution in [0.15, 0.2) is 72.8 Å². The molecule has 0 atom stereocenters. The Balaban J connectivity index is 1.39. The lowest BCUT2D eigenvalue weighted by atomic mass is 10.0. The van der Waals surface area contributed by atoms with Crippen molar-refractivity contribution in [2.45, 2.75) is 12.8 Å². The van der Waals surface area contributed by atoms with Crippen LogP contribution in [-0.2, 0) is 27.2 Å². The largest absolute Gasteiger partial charge is 0.493 e. The fourth-order valence-corrected chi connectivity index (χ4v) is 3.24. The Labute approximate surface area is 188 Å². The first kappa shape index (κ1) is 22.9. The van der Waals surface area contributed by atoms with Crippen LogP contribution in [0.1, 0.15) is 11.1 Å². The van der Waals surface area contributed by atoms with Crippen LogP contribution >= 0.6 is 0 Å². The summed E-state index contributed by atoms with van der Waals surface area (Å²) in [6.07, 6.45) is 0.738. The Morgan fingerprint density at radius 2 is 1.44 bits per heavy atom. The number of ether oxygens (including phenoxy) is 3. The summed E-state index contributed by atoms with van der Waals surface area (Å²) in [6, 6.07) is 23.4. The van der Waals surface area contributed by atoms with E-state index in [0.29, 0.717) is 24.5 Å². The molecule has 0 bridgehead atoms. The van der Waals surface area contributed by atoms with Crippen molar-refractivity contribution in [2.75, 3.05) is 27.4 Å². The predicted octanol–water partition coefficient (Wildman–Crippen LogP) is 3.82. The van der Waals surface area contributed by atoms with Gasteiger partial charge in [0.05, 0.1) is 20.6 Å². The SMILES string of the molecule is COc1ccc(CCNC(=O)COC(=O)Cc2ccc(-c3ccccc3)cc2)cc1OC. The smallest absolute Gasteiger partial charge is 0.310 e. The molecule has 0 heterocycles. The molecular formula is C26H27NO5. The van der Waals surface area contributed by atoms with Crippen molar-refractivity contribution in [2.24, 2.45) is 0 Å². The van der Waals surface area contributed by atoms with Gasteiger partial charge in [0.25, 0.3) is 5.91 Å². The van der Waals surface area contributed by atoms with Gasteiger partial charge in [-0.1, -0.05) is 60.7 Å². The summed E-state index contributed by atoms with van der Waals surface area (Å²) >= 11 is 0. The highest BCUT2D eigenvalue weighted by Gasteiger charge is 2.10. The molecule has 6 nitrogen and oxygen atoms in total. The van der Waals surface area contributed by atoms with Crippen molar-refractivity contribution in [3.8, 4) is 22.6 Å². The molecule has 1 N–H and O–H groups in total. The van der Waals surface area contributed by atoms with Gasteiger partial charge in [-0.25, -0.2) is 0 Å². The first-order valence-corrected chi connectivity index (χ1v) is 10.4. The number of nitrogens with one attached hydrogen (secondary N) is 1. The summed E-state index contributed by atoms with van der Waals surface area (Å²) in [4.78, 5) is 24.1. The van der Waals surface area contributed by atoms with E-state index in [0.717, 1.165) is 22.3 Å². The fraction of sp³-hybridized carbons (Fsp3) is 0.231. The fourth-order valence-electron chi connectivity index (χ4n) is 3.24. The quantitative estimate of drug-likeness (QED) is 0.492. The minimum atomic E-state index is -0.437. The molecule has 0 aliphatic rings. The number of carbonyl (C=O) groups excluding carboxylic acids is 2. The van der Waals surface area contributed by atoms with Crippen LogP contribution in [0.3, 0.4) is 0 Å². The molecule has 166 valence electrons. The summed E-state index contributed by atoms with van der Waals surface area (Å²) in [6.45, 7) is 0.125. The second kappa shape index (κ2) is 11.6. The topological polar surface area (TPSA) is 73.9 Å². The molecule has 0 fully saturated rings.